The van der Waals surface area contributed by atoms with Crippen molar-refractivity contribution in [1.82, 2.24) is 19.9 Å². The van der Waals surface area contributed by atoms with Gasteiger partial charge in [-0.3, -0.25) is 4.79 Å². The minimum absolute atomic E-state index is 0.128. The first kappa shape index (κ1) is 16.3. The van der Waals surface area contributed by atoms with Gasteiger partial charge in [0.2, 0.25) is 5.91 Å². The van der Waals surface area contributed by atoms with Crippen LogP contribution in [0.25, 0.3) is 11.0 Å². The molecule has 4 heterocycles. The summed E-state index contributed by atoms with van der Waals surface area (Å²) in [4.78, 5) is 29.1. The van der Waals surface area contributed by atoms with E-state index in [-0.39, 0.29) is 5.92 Å². The predicted octanol–water partition coefficient (Wildman–Crippen LogP) is 1.60. The first-order chi connectivity index (χ1) is 12.3. The number of piperidine rings is 1. The summed E-state index contributed by atoms with van der Waals surface area (Å²) >= 11 is 0. The molecule has 134 valence electrons. The van der Waals surface area contributed by atoms with E-state index < -0.39 is 0 Å². The quantitative estimate of drug-likeness (QED) is 0.916. The molecule has 7 heteroatoms. The molecule has 7 nitrogen and oxygen atoms in total. The lowest BCUT2D eigenvalue weighted by Crippen LogP contribution is -2.47. The van der Waals surface area contributed by atoms with Gasteiger partial charge in [-0.15, -0.1) is 0 Å². The van der Waals surface area contributed by atoms with Crippen molar-refractivity contribution in [3.63, 3.8) is 0 Å². The summed E-state index contributed by atoms with van der Waals surface area (Å²) < 4.78 is 5.35. The molecule has 1 amide bonds. The van der Waals surface area contributed by atoms with Crippen LogP contribution in [0, 0.1) is 5.92 Å². The number of carbonyl (C=O) groups is 1. The largest absolute Gasteiger partial charge is 0.378 e. The third-order valence-electron chi connectivity index (χ3n) is 5.38. The minimum atomic E-state index is 0.128. The van der Waals surface area contributed by atoms with Crippen LogP contribution in [0.15, 0.2) is 12.5 Å². The zero-order chi connectivity index (χ0) is 17.2. The van der Waals surface area contributed by atoms with E-state index in [1.807, 2.05) is 11.1 Å². The van der Waals surface area contributed by atoms with Gasteiger partial charge in [0.1, 0.15) is 17.8 Å². The monoisotopic (exact) mass is 343 g/mol. The molecule has 0 atom stereocenters. The smallest absolute Gasteiger partial charge is 0.225 e. The molecule has 2 aliphatic heterocycles. The van der Waals surface area contributed by atoms with E-state index in [0.29, 0.717) is 19.1 Å². The first-order valence-electron chi connectivity index (χ1n) is 9.20. The molecule has 25 heavy (non-hydrogen) atoms. The van der Waals surface area contributed by atoms with Crippen molar-refractivity contribution in [3.05, 3.63) is 18.1 Å². The van der Waals surface area contributed by atoms with Crippen LogP contribution in [0.3, 0.4) is 0 Å². The van der Waals surface area contributed by atoms with Crippen molar-refractivity contribution in [3.8, 4) is 0 Å². The van der Waals surface area contributed by atoms with Gasteiger partial charge in [-0.1, -0.05) is 6.92 Å². The Labute approximate surface area is 147 Å². The fourth-order valence-corrected chi connectivity index (χ4v) is 3.91. The molecule has 2 saturated heterocycles. The Morgan fingerprint density at radius 1 is 1.24 bits per heavy atom. The molecule has 0 unspecified atom stereocenters. The maximum atomic E-state index is 12.7. The van der Waals surface area contributed by atoms with Gasteiger partial charge >= 0.3 is 0 Å². The van der Waals surface area contributed by atoms with Gasteiger partial charge in [0, 0.05) is 38.3 Å². The topological polar surface area (TPSA) is 74.4 Å². The summed E-state index contributed by atoms with van der Waals surface area (Å²) in [7, 11) is 0. The molecule has 2 aromatic rings. The number of aromatic nitrogens is 3. The van der Waals surface area contributed by atoms with Gasteiger partial charge in [-0.25, -0.2) is 9.97 Å². The van der Waals surface area contributed by atoms with Gasteiger partial charge in [0.25, 0.3) is 0 Å². The summed E-state index contributed by atoms with van der Waals surface area (Å²) in [6.45, 7) is 6.66. The Morgan fingerprint density at radius 2 is 2.00 bits per heavy atom. The molecular formula is C18H25N5O2. The molecule has 2 aromatic heterocycles. The fraction of sp³-hybridized carbons (Fsp3) is 0.611. The first-order valence-corrected chi connectivity index (χ1v) is 9.20. The summed E-state index contributed by atoms with van der Waals surface area (Å²) in [5.41, 5.74) is 2.14. The average molecular weight is 343 g/mol. The van der Waals surface area contributed by atoms with Gasteiger partial charge < -0.3 is 19.5 Å². The number of amides is 1. The molecule has 2 aliphatic rings. The van der Waals surface area contributed by atoms with Crippen LogP contribution in [0.1, 0.15) is 25.3 Å². The van der Waals surface area contributed by atoms with Crippen molar-refractivity contribution in [1.29, 1.82) is 0 Å². The van der Waals surface area contributed by atoms with Crippen LogP contribution in [0.4, 0.5) is 5.82 Å². The number of hydrogen-bond acceptors (Lipinski definition) is 5. The predicted molar refractivity (Wildman–Crippen MR) is 95.6 cm³/mol. The van der Waals surface area contributed by atoms with Gasteiger partial charge in [-0.05, 0) is 24.8 Å². The summed E-state index contributed by atoms with van der Waals surface area (Å²) in [6, 6.07) is 0. The summed E-state index contributed by atoms with van der Waals surface area (Å²) in [6.07, 6.45) is 6.36. The SMILES string of the molecule is CCc1c[nH]c2ncnc(N3CCC(C(=O)N4CCOCC4)CC3)c12. The van der Waals surface area contributed by atoms with Gasteiger partial charge in [0.05, 0.1) is 18.6 Å². The molecule has 0 radical (unpaired) electrons. The number of H-pyrrole nitrogens is 1. The van der Waals surface area contributed by atoms with Crippen LogP contribution in [0.5, 0.6) is 0 Å². The summed E-state index contributed by atoms with van der Waals surface area (Å²) in [5.74, 6) is 1.43. The number of morpholine rings is 1. The van der Waals surface area contributed by atoms with E-state index in [2.05, 4.69) is 26.8 Å². The van der Waals surface area contributed by atoms with Crippen LogP contribution >= 0.6 is 0 Å². The fourth-order valence-electron chi connectivity index (χ4n) is 3.91. The van der Waals surface area contributed by atoms with Crippen molar-refractivity contribution in [2.75, 3.05) is 44.3 Å². The molecule has 0 saturated carbocycles. The second-order valence-corrected chi connectivity index (χ2v) is 6.79. The number of aromatic amines is 1. The Bertz CT molecular complexity index is 745. The third kappa shape index (κ3) is 3.08. The Hall–Kier alpha value is -2.15. The second kappa shape index (κ2) is 7.00. The number of ether oxygens (including phenoxy) is 1. The van der Waals surface area contributed by atoms with Crippen molar-refractivity contribution in [2.45, 2.75) is 26.2 Å². The molecule has 4 rings (SSSR count). The van der Waals surface area contributed by atoms with Gasteiger partial charge in [0.15, 0.2) is 0 Å². The van der Waals surface area contributed by atoms with Crippen LogP contribution in [-0.2, 0) is 16.0 Å². The number of hydrogen-bond donors (Lipinski definition) is 1. The van der Waals surface area contributed by atoms with E-state index in [4.69, 9.17) is 4.74 Å². The van der Waals surface area contributed by atoms with Crippen LogP contribution < -0.4 is 4.90 Å². The van der Waals surface area contributed by atoms with E-state index in [1.54, 1.807) is 6.33 Å². The lowest BCUT2D eigenvalue weighted by atomic mass is 9.95. The molecule has 2 fully saturated rings. The molecule has 0 bridgehead atoms. The molecular weight excluding hydrogens is 318 g/mol. The maximum absolute atomic E-state index is 12.7. The Balaban J connectivity index is 1.47. The normalized spacial score (nSPS) is 19.6. The highest BCUT2D eigenvalue weighted by atomic mass is 16.5. The van der Waals surface area contributed by atoms with Crippen molar-refractivity contribution >= 4 is 22.8 Å². The number of nitrogens with zero attached hydrogens (tertiary/aromatic N) is 4. The highest BCUT2D eigenvalue weighted by Crippen LogP contribution is 2.30. The van der Waals surface area contributed by atoms with Gasteiger partial charge in [-0.2, -0.15) is 0 Å². The average Bonchev–Trinajstić information content (AvgIpc) is 3.11. The maximum Gasteiger partial charge on any atom is 0.225 e. The van der Waals surface area contributed by atoms with E-state index in [1.165, 1.54) is 5.56 Å². The van der Waals surface area contributed by atoms with Crippen LogP contribution in [0.2, 0.25) is 0 Å². The lowest BCUT2D eigenvalue weighted by Gasteiger charge is -2.36. The number of anilines is 1. The Morgan fingerprint density at radius 3 is 2.72 bits per heavy atom. The van der Waals surface area contributed by atoms with E-state index in [0.717, 1.165) is 62.3 Å². The Kier molecular flexibility index (Phi) is 4.57. The highest BCUT2D eigenvalue weighted by molar-refractivity contribution is 5.91. The second-order valence-electron chi connectivity index (χ2n) is 6.79. The third-order valence-corrected chi connectivity index (χ3v) is 5.38. The highest BCUT2D eigenvalue weighted by Gasteiger charge is 2.30. The standard InChI is InChI=1S/C18H25N5O2/c1-2-13-11-19-16-15(13)17(21-12-20-16)22-5-3-14(4-6-22)18(24)23-7-9-25-10-8-23/h11-12,14H,2-10H2,1H3,(H,19,20,21). The minimum Gasteiger partial charge on any atom is -0.378 e. The molecule has 0 spiro atoms. The zero-order valence-corrected chi connectivity index (χ0v) is 14.7. The van der Waals surface area contributed by atoms with E-state index in [9.17, 15) is 4.79 Å². The zero-order valence-electron chi connectivity index (χ0n) is 14.7. The number of nitrogens with one attached hydrogen (secondary N) is 1. The number of fused-ring (bicyclic) bond motifs is 1. The van der Waals surface area contributed by atoms with Crippen LogP contribution in [-0.4, -0.2) is 65.2 Å². The van der Waals surface area contributed by atoms with E-state index >= 15 is 0 Å². The number of carbonyl (C=O) groups excluding carboxylic acids is 1. The van der Waals surface area contributed by atoms with Crippen molar-refractivity contribution < 1.29 is 9.53 Å². The molecule has 1 N–H and O–H groups in total. The molecule has 0 aliphatic carbocycles. The molecule has 0 aromatic carbocycles. The summed E-state index contributed by atoms with van der Waals surface area (Å²) in [5, 5.41) is 1.13. The lowest BCUT2D eigenvalue weighted by molar-refractivity contribution is -0.140. The number of rotatable bonds is 3. The number of aryl methyl sites for hydroxylation is 1. The van der Waals surface area contributed by atoms with Crippen molar-refractivity contribution in [2.24, 2.45) is 5.92 Å².